The number of anilines is 1. The maximum atomic E-state index is 12.8. The molecule has 6 heteroatoms. The largest absolute Gasteiger partial charge is 0.464 e. The highest BCUT2D eigenvalue weighted by molar-refractivity contribution is 5.92. The molecule has 0 spiro atoms. The Hall–Kier alpha value is -1.95. The first-order chi connectivity index (χ1) is 10.6. The summed E-state index contributed by atoms with van der Waals surface area (Å²) in [5, 5.41) is 2.82. The van der Waals surface area contributed by atoms with Crippen molar-refractivity contribution in [3.63, 3.8) is 0 Å². The van der Waals surface area contributed by atoms with Crippen LogP contribution in [0.1, 0.15) is 19.3 Å². The van der Waals surface area contributed by atoms with E-state index in [1.807, 2.05) is 0 Å². The van der Waals surface area contributed by atoms with Crippen LogP contribution in [0.15, 0.2) is 24.3 Å². The van der Waals surface area contributed by atoms with Crippen molar-refractivity contribution in [3.8, 4) is 0 Å². The van der Waals surface area contributed by atoms with Crippen molar-refractivity contribution in [2.24, 2.45) is 5.92 Å². The predicted molar refractivity (Wildman–Crippen MR) is 78.7 cm³/mol. The zero-order valence-corrected chi connectivity index (χ0v) is 12.3. The number of carbonyl (C=O) groups excluding carboxylic acids is 2. The Kier molecular flexibility index (Phi) is 4.38. The fraction of sp³-hybridized carbons (Fsp3) is 0.500. The zero-order chi connectivity index (χ0) is 15.5. The van der Waals surface area contributed by atoms with E-state index in [-0.39, 0.29) is 29.7 Å². The topological polar surface area (TPSA) is 58.6 Å². The number of halogens is 1. The summed E-state index contributed by atoms with van der Waals surface area (Å²) in [4.78, 5) is 25.9. The molecule has 118 valence electrons. The van der Waals surface area contributed by atoms with Gasteiger partial charge < -0.3 is 10.1 Å². The maximum Gasteiger partial charge on any atom is 0.323 e. The number of esters is 1. The fourth-order valence-electron chi connectivity index (χ4n) is 3.07. The van der Waals surface area contributed by atoms with Gasteiger partial charge in [0.2, 0.25) is 5.91 Å². The van der Waals surface area contributed by atoms with Crippen molar-refractivity contribution in [1.29, 1.82) is 0 Å². The highest BCUT2D eigenvalue weighted by atomic mass is 19.1. The van der Waals surface area contributed by atoms with Crippen molar-refractivity contribution < 1.29 is 18.7 Å². The number of hydrogen-bond acceptors (Lipinski definition) is 4. The number of piperidine rings is 1. The smallest absolute Gasteiger partial charge is 0.323 e. The van der Waals surface area contributed by atoms with E-state index in [1.54, 1.807) is 12.1 Å². The molecule has 2 aliphatic rings. The lowest BCUT2D eigenvalue weighted by Crippen LogP contribution is -2.45. The lowest BCUT2D eigenvalue weighted by molar-refractivity contribution is -0.142. The minimum atomic E-state index is -0.324. The lowest BCUT2D eigenvalue weighted by Gasteiger charge is -2.33. The van der Waals surface area contributed by atoms with Crippen molar-refractivity contribution >= 4 is 17.6 Å². The van der Waals surface area contributed by atoms with Crippen LogP contribution in [0.3, 0.4) is 0 Å². The first-order valence-electron chi connectivity index (χ1n) is 7.60. The Morgan fingerprint density at radius 2 is 1.86 bits per heavy atom. The van der Waals surface area contributed by atoms with Crippen LogP contribution in [0, 0.1) is 11.7 Å². The van der Waals surface area contributed by atoms with Gasteiger partial charge in [0, 0.05) is 18.0 Å². The second-order valence-electron chi connectivity index (χ2n) is 5.78. The van der Waals surface area contributed by atoms with Crippen LogP contribution in [-0.4, -0.2) is 42.5 Å². The van der Waals surface area contributed by atoms with E-state index < -0.39 is 0 Å². The number of ether oxygens (including phenoxy) is 1. The normalized spacial score (nSPS) is 23.3. The second-order valence-corrected chi connectivity index (χ2v) is 5.78. The first kappa shape index (κ1) is 15.0. The maximum absolute atomic E-state index is 12.8. The minimum Gasteiger partial charge on any atom is -0.464 e. The first-order valence-corrected chi connectivity index (χ1v) is 7.60. The quantitative estimate of drug-likeness (QED) is 0.865. The molecule has 2 heterocycles. The molecule has 0 aliphatic carbocycles. The summed E-state index contributed by atoms with van der Waals surface area (Å²) >= 11 is 0. The molecule has 0 saturated carbocycles. The molecule has 3 rings (SSSR count). The number of cyclic esters (lactones) is 1. The molecular weight excluding hydrogens is 287 g/mol. The molecule has 1 atom stereocenters. The number of carbonyl (C=O) groups is 2. The van der Waals surface area contributed by atoms with E-state index in [2.05, 4.69) is 10.2 Å². The molecule has 0 radical (unpaired) electrons. The predicted octanol–water partition coefficient (Wildman–Crippen LogP) is 1.79. The highest BCUT2D eigenvalue weighted by Gasteiger charge is 2.35. The average molecular weight is 306 g/mol. The number of hydrogen-bond donors (Lipinski definition) is 1. The fourth-order valence-corrected chi connectivity index (χ4v) is 3.07. The van der Waals surface area contributed by atoms with Gasteiger partial charge in [-0.2, -0.15) is 0 Å². The van der Waals surface area contributed by atoms with Gasteiger partial charge in [-0.1, -0.05) is 0 Å². The van der Waals surface area contributed by atoms with Gasteiger partial charge in [0.1, 0.15) is 11.9 Å². The molecule has 5 nitrogen and oxygen atoms in total. The molecule has 1 aromatic carbocycles. The summed E-state index contributed by atoms with van der Waals surface area (Å²) in [6.07, 6.45) is 2.18. The van der Waals surface area contributed by atoms with Crippen LogP contribution in [-0.2, 0) is 14.3 Å². The third-order valence-electron chi connectivity index (χ3n) is 4.36. The summed E-state index contributed by atoms with van der Waals surface area (Å²) in [6, 6.07) is 5.61. The monoisotopic (exact) mass is 306 g/mol. The molecule has 2 aliphatic heterocycles. The number of nitrogens with one attached hydrogen (secondary N) is 1. The summed E-state index contributed by atoms with van der Waals surface area (Å²) in [5.41, 5.74) is 0.605. The number of likely N-dealkylation sites (tertiary alicyclic amines) is 1. The van der Waals surface area contributed by atoms with Gasteiger partial charge >= 0.3 is 5.97 Å². The van der Waals surface area contributed by atoms with Crippen molar-refractivity contribution in [3.05, 3.63) is 30.1 Å². The van der Waals surface area contributed by atoms with Crippen molar-refractivity contribution in [2.75, 3.05) is 25.0 Å². The van der Waals surface area contributed by atoms with Crippen LogP contribution >= 0.6 is 0 Å². The number of rotatable bonds is 3. The van der Waals surface area contributed by atoms with Gasteiger partial charge in [0.25, 0.3) is 0 Å². The zero-order valence-electron chi connectivity index (χ0n) is 12.3. The number of amides is 1. The second kappa shape index (κ2) is 6.44. The molecule has 0 bridgehead atoms. The van der Waals surface area contributed by atoms with Crippen molar-refractivity contribution in [1.82, 2.24) is 4.90 Å². The molecule has 1 amide bonds. The Morgan fingerprint density at radius 1 is 1.18 bits per heavy atom. The van der Waals surface area contributed by atoms with Gasteiger partial charge in [-0.25, -0.2) is 4.39 Å². The van der Waals surface area contributed by atoms with E-state index in [9.17, 15) is 14.0 Å². The van der Waals surface area contributed by atoms with E-state index >= 15 is 0 Å². The van der Waals surface area contributed by atoms with Crippen LogP contribution < -0.4 is 5.32 Å². The molecule has 1 unspecified atom stereocenters. The lowest BCUT2D eigenvalue weighted by atomic mass is 9.94. The molecule has 1 N–H and O–H groups in total. The number of benzene rings is 1. The third kappa shape index (κ3) is 3.27. The Morgan fingerprint density at radius 3 is 2.45 bits per heavy atom. The summed E-state index contributed by atoms with van der Waals surface area (Å²) in [5.74, 6) is -0.581. The van der Waals surface area contributed by atoms with E-state index in [0.29, 0.717) is 12.3 Å². The molecule has 2 fully saturated rings. The van der Waals surface area contributed by atoms with Crippen LogP contribution in [0.5, 0.6) is 0 Å². The van der Waals surface area contributed by atoms with E-state index in [0.717, 1.165) is 32.4 Å². The van der Waals surface area contributed by atoms with E-state index in [1.165, 1.54) is 12.1 Å². The molecule has 1 aromatic rings. The van der Waals surface area contributed by atoms with E-state index in [4.69, 9.17) is 4.74 Å². The number of nitrogens with zero attached hydrogens (tertiary/aromatic N) is 1. The summed E-state index contributed by atoms with van der Waals surface area (Å²) in [7, 11) is 0. The minimum absolute atomic E-state index is 0.0414. The van der Waals surface area contributed by atoms with Gasteiger partial charge in [-0.15, -0.1) is 0 Å². The molecular formula is C16H19FN2O3. The van der Waals surface area contributed by atoms with Crippen LogP contribution in [0.4, 0.5) is 10.1 Å². The van der Waals surface area contributed by atoms with Gasteiger partial charge in [0.15, 0.2) is 0 Å². The Balaban J connectivity index is 1.51. The standard InChI is InChI=1S/C16H19FN2O3/c17-12-1-3-13(4-2-12)18-15(20)11-5-8-19(9-6-11)14-7-10-22-16(14)21/h1-4,11,14H,5-10H2,(H,18,20). The Bertz CT molecular complexity index is 553. The van der Waals surface area contributed by atoms with Gasteiger partial charge in [-0.05, 0) is 50.2 Å². The molecule has 0 aromatic heterocycles. The van der Waals surface area contributed by atoms with Gasteiger partial charge in [0.05, 0.1) is 6.61 Å². The SMILES string of the molecule is O=C(Nc1ccc(F)cc1)C1CCN(C2CCOC2=O)CC1. The molecule has 22 heavy (non-hydrogen) atoms. The highest BCUT2D eigenvalue weighted by Crippen LogP contribution is 2.24. The Labute approximate surface area is 128 Å². The molecule has 2 saturated heterocycles. The third-order valence-corrected chi connectivity index (χ3v) is 4.36. The summed E-state index contributed by atoms with van der Waals surface area (Å²) in [6.45, 7) is 1.94. The van der Waals surface area contributed by atoms with Gasteiger partial charge in [-0.3, -0.25) is 14.5 Å². The summed E-state index contributed by atoms with van der Waals surface area (Å²) < 4.78 is 17.8. The van der Waals surface area contributed by atoms with Crippen LogP contribution in [0.2, 0.25) is 0 Å². The van der Waals surface area contributed by atoms with Crippen LogP contribution in [0.25, 0.3) is 0 Å². The van der Waals surface area contributed by atoms with Crippen molar-refractivity contribution in [2.45, 2.75) is 25.3 Å². The average Bonchev–Trinajstić information content (AvgIpc) is 2.96.